The van der Waals surface area contributed by atoms with Gasteiger partial charge in [-0.3, -0.25) is 4.57 Å². The van der Waals surface area contributed by atoms with Gasteiger partial charge >= 0.3 is 0 Å². The summed E-state index contributed by atoms with van der Waals surface area (Å²) in [6.45, 7) is 0. The molecule has 0 fully saturated rings. The van der Waals surface area contributed by atoms with Crippen LogP contribution in [0.25, 0.3) is 0 Å². The van der Waals surface area contributed by atoms with Crippen molar-refractivity contribution < 1.29 is 4.57 Å². The maximum Gasteiger partial charge on any atom is 0.246 e. The minimum absolute atomic E-state index is 0.700. The lowest BCUT2D eigenvalue weighted by Gasteiger charge is -2.29. The molecule has 0 bridgehead atoms. The first-order valence-corrected chi connectivity index (χ1v) is 15.3. The predicted octanol–water partition coefficient (Wildman–Crippen LogP) is 6.97. The first-order valence-electron chi connectivity index (χ1n) is 11.7. The first kappa shape index (κ1) is 23.3. The minimum atomic E-state index is -3.34. The van der Waals surface area contributed by atoms with Crippen LogP contribution >= 0.6 is 14.3 Å². The van der Waals surface area contributed by atoms with Crippen molar-refractivity contribution >= 4 is 35.6 Å². The number of hydrogen-bond donors (Lipinski definition) is 0. The summed E-state index contributed by atoms with van der Waals surface area (Å²) in [5.74, 6) is 0. The molecular formula is C31H27NOP2. The molecule has 0 N–H and O–H groups in total. The quantitative estimate of drug-likeness (QED) is 0.226. The Bertz CT molecular complexity index is 1380. The van der Waals surface area contributed by atoms with E-state index in [2.05, 4.69) is 72.8 Å². The van der Waals surface area contributed by atoms with Gasteiger partial charge in [0.05, 0.1) is 0 Å². The van der Waals surface area contributed by atoms with Gasteiger partial charge in [-0.05, 0) is 40.4 Å². The molecule has 172 valence electrons. The Balaban J connectivity index is 1.90. The summed E-state index contributed by atoms with van der Waals surface area (Å²) in [6, 6.07) is 50.8. The van der Waals surface area contributed by atoms with Crippen LogP contribution in [-0.4, -0.2) is 0 Å². The van der Waals surface area contributed by atoms with Gasteiger partial charge < -0.3 is 0 Å². The second-order valence-electron chi connectivity index (χ2n) is 8.42. The van der Waals surface area contributed by atoms with Gasteiger partial charge in [-0.25, -0.2) is 4.52 Å². The number of benzene rings is 5. The van der Waals surface area contributed by atoms with Crippen molar-refractivity contribution in [3.8, 4) is 0 Å². The first-order chi connectivity index (χ1) is 17.2. The Hall–Kier alpha value is -3.44. The van der Waals surface area contributed by atoms with Crippen LogP contribution < -0.4 is 21.2 Å². The average molecular weight is 492 g/mol. The van der Waals surface area contributed by atoms with E-state index in [-0.39, 0.29) is 0 Å². The minimum Gasteiger partial charge on any atom is -0.288 e. The van der Waals surface area contributed by atoms with E-state index < -0.39 is 14.3 Å². The van der Waals surface area contributed by atoms with Crippen LogP contribution in [-0.2, 0) is 10.7 Å². The van der Waals surface area contributed by atoms with Gasteiger partial charge in [-0.15, -0.1) is 0 Å². The summed E-state index contributed by atoms with van der Waals surface area (Å²) in [5, 5.41) is 3.77. The molecule has 4 heteroatoms. The molecule has 0 saturated carbocycles. The number of hydrogen-bond acceptors (Lipinski definition) is 1. The van der Waals surface area contributed by atoms with Gasteiger partial charge in [-0.1, -0.05) is 127 Å². The smallest absolute Gasteiger partial charge is 0.246 e. The van der Waals surface area contributed by atoms with E-state index in [4.69, 9.17) is 4.52 Å². The third-order valence-corrected chi connectivity index (χ3v) is 13.5. The largest absolute Gasteiger partial charge is 0.288 e. The van der Waals surface area contributed by atoms with E-state index in [0.29, 0.717) is 6.16 Å². The average Bonchev–Trinajstić information content (AvgIpc) is 2.95. The van der Waals surface area contributed by atoms with Crippen LogP contribution in [0.1, 0.15) is 5.56 Å². The summed E-state index contributed by atoms with van der Waals surface area (Å²) in [6.07, 6.45) is 0.700. The fourth-order valence-electron chi connectivity index (χ4n) is 4.39. The molecule has 5 rings (SSSR count). The van der Waals surface area contributed by atoms with E-state index in [0.717, 1.165) is 21.2 Å². The maximum atomic E-state index is 15.2. The standard InChI is InChI=1S/C31H27NOP2/c33-35(30-22-12-4-13-23-30,31-24-14-5-15-25-31)32-34(28-18-8-2-9-19-28,29-20-10-3-11-21-29)26-27-16-6-1-7-17-27/h1-25H,26H2. The molecule has 0 radical (unpaired) electrons. The van der Waals surface area contributed by atoms with E-state index >= 15 is 4.57 Å². The summed E-state index contributed by atoms with van der Waals surface area (Å²) in [5.41, 5.74) is 1.19. The summed E-state index contributed by atoms with van der Waals surface area (Å²) in [4.78, 5) is 0. The van der Waals surface area contributed by atoms with Crippen LogP contribution in [0, 0.1) is 0 Å². The van der Waals surface area contributed by atoms with Gasteiger partial charge in [0.2, 0.25) is 7.29 Å². The van der Waals surface area contributed by atoms with Gasteiger partial charge in [-0.2, -0.15) is 0 Å². The second kappa shape index (κ2) is 10.4. The fourth-order valence-corrected chi connectivity index (χ4v) is 12.2. The van der Waals surface area contributed by atoms with E-state index in [9.17, 15) is 0 Å². The number of nitrogens with zero attached hydrogens (tertiary/aromatic N) is 1. The van der Waals surface area contributed by atoms with Gasteiger partial charge in [0, 0.05) is 23.8 Å². The third kappa shape index (κ3) is 4.87. The molecule has 0 aliphatic carbocycles. The second-order valence-corrected chi connectivity index (χ2v) is 14.2. The molecule has 0 amide bonds. The molecule has 0 aromatic heterocycles. The van der Waals surface area contributed by atoms with Gasteiger partial charge in [0.15, 0.2) is 0 Å². The Labute approximate surface area is 207 Å². The lowest BCUT2D eigenvalue weighted by molar-refractivity contribution is 0.588. The van der Waals surface area contributed by atoms with Crippen LogP contribution in [0.4, 0.5) is 0 Å². The molecule has 5 aromatic carbocycles. The maximum absolute atomic E-state index is 15.2. The molecule has 5 aromatic rings. The molecule has 0 atom stereocenters. The van der Waals surface area contributed by atoms with Crippen molar-refractivity contribution in [2.45, 2.75) is 6.16 Å². The molecule has 0 aliphatic heterocycles. The topological polar surface area (TPSA) is 29.4 Å². The highest BCUT2D eigenvalue weighted by atomic mass is 31.2. The van der Waals surface area contributed by atoms with Crippen molar-refractivity contribution in [3.05, 3.63) is 157 Å². The summed E-state index contributed by atoms with van der Waals surface area (Å²) < 4.78 is 20.8. The Morgan fingerprint density at radius 1 is 0.429 bits per heavy atom. The predicted molar refractivity (Wildman–Crippen MR) is 151 cm³/mol. The van der Waals surface area contributed by atoms with Crippen LogP contribution in [0.5, 0.6) is 0 Å². The van der Waals surface area contributed by atoms with E-state index in [1.54, 1.807) is 0 Å². The molecule has 0 unspecified atom stereocenters. The SMILES string of the molecule is O=P(N=P(Cc1ccccc1)(c1ccccc1)c1ccccc1)(c1ccccc1)c1ccccc1. The molecule has 2 nitrogen and oxygen atoms in total. The zero-order valence-corrected chi connectivity index (χ0v) is 21.2. The molecule has 0 heterocycles. The summed E-state index contributed by atoms with van der Waals surface area (Å²) in [7, 11) is -5.85. The van der Waals surface area contributed by atoms with Gasteiger partial charge in [0.1, 0.15) is 0 Å². The van der Waals surface area contributed by atoms with E-state index in [1.165, 1.54) is 5.56 Å². The molecule has 0 spiro atoms. The zero-order valence-electron chi connectivity index (χ0n) is 19.4. The monoisotopic (exact) mass is 491 g/mol. The molecule has 35 heavy (non-hydrogen) atoms. The van der Waals surface area contributed by atoms with Crippen LogP contribution in [0.3, 0.4) is 0 Å². The van der Waals surface area contributed by atoms with Crippen LogP contribution in [0.15, 0.2) is 156 Å². The Morgan fingerprint density at radius 2 is 0.743 bits per heavy atom. The van der Waals surface area contributed by atoms with Gasteiger partial charge in [0.25, 0.3) is 0 Å². The highest BCUT2D eigenvalue weighted by Crippen LogP contribution is 2.61. The summed E-state index contributed by atoms with van der Waals surface area (Å²) >= 11 is 0. The third-order valence-electron chi connectivity index (χ3n) is 6.11. The Morgan fingerprint density at radius 3 is 1.11 bits per heavy atom. The molecular weight excluding hydrogens is 464 g/mol. The lowest BCUT2D eigenvalue weighted by atomic mass is 10.2. The molecule has 0 saturated heterocycles. The highest BCUT2D eigenvalue weighted by Gasteiger charge is 2.34. The molecule has 0 aliphatic rings. The Kier molecular flexibility index (Phi) is 6.96. The normalized spacial score (nSPS) is 11.7. The fraction of sp³-hybridized carbons (Fsp3) is 0.0323. The van der Waals surface area contributed by atoms with Crippen LogP contribution in [0.2, 0.25) is 0 Å². The number of rotatable bonds is 7. The van der Waals surface area contributed by atoms with Crippen molar-refractivity contribution in [1.29, 1.82) is 0 Å². The van der Waals surface area contributed by atoms with Crippen molar-refractivity contribution in [2.24, 2.45) is 4.52 Å². The zero-order chi connectivity index (χ0) is 24.0. The van der Waals surface area contributed by atoms with Crippen molar-refractivity contribution in [1.82, 2.24) is 0 Å². The highest BCUT2D eigenvalue weighted by molar-refractivity contribution is 7.89. The van der Waals surface area contributed by atoms with Crippen molar-refractivity contribution in [3.63, 3.8) is 0 Å². The van der Waals surface area contributed by atoms with E-state index in [1.807, 2.05) is 78.9 Å². The lowest BCUT2D eigenvalue weighted by Crippen LogP contribution is -2.21. The van der Waals surface area contributed by atoms with Crippen molar-refractivity contribution in [2.75, 3.05) is 0 Å².